The van der Waals surface area contributed by atoms with E-state index in [0.717, 1.165) is 9.35 Å². The summed E-state index contributed by atoms with van der Waals surface area (Å²) in [5.41, 5.74) is 8.60. The fourth-order valence-corrected chi connectivity index (χ4v) is 1.90. The highest BCUT2D eigenvalue weighted by molar-refractivity contribution is 9.11. The Morgan fingerprint density at radius 3 is 3.08 bits per heavy atom. The third-order valence-electron chi connectivity index (χ3n) is 1.21. The number of nitrogens with one attached hydrogen (secondary N) is 1. The van der Waals surface area contributed by atoms with Crippen LogP contribution in [0.25, 0.3) is 0 Å². The molecule has 4 nitrogen and oxygen atoms in total. The van der Waals surface area contributed by atoms with Crippen molar-refractivity contribution in [1.82, 2.24) is 5.48 Å². The molecule has 1 rings (SSSR count). The van der Waals surface area contributed by atoms with Crippen LogP contribution in [0.4, 0.5) is 0 Å². The van der Waals surface area contributed by atoms with Crippen molar-refractivity contribution >= 4 is 33.2 Å². The van der Waals surface area contributed by atoms with Crippen LogP contribution in [0.5, 0.6) is 0 Å². The molecule has 0 aromatic carbocycles. The molecule has 0 saturated heterocycles. The van der Waals surface area contributed by atoms with Crippen molar-refractivity contribution in [3.8, 4) is 0 Å². The zero-order chi connectivity index (χ0) is 9.68. The summed E-state index contributed by atoms with van der Waals surface area (Å²) < 4.78 is 1.07. The Balaban J connectivity index is 2.16. The van der Waals surface area contributed by atoms with Gasteiger partial charge < -0.3 is 5.73 Å². The van der Waals surface area contributed by atoms with Crippen molar-refractivity contribution < 1.29 is 9.63 Å². The molecule has 0 bridgehead atoms. The van der Waals surface area contributed by atoms with Crippen LogP contribution in [0, 0.1) is 0 Å². The zero-order valence-electron chi connectivity index (χ0n) is 6.75. The second-order valence-electron chi connectivity index (χ2n) is 2.34. The lowest BCUT2D eigenvalue weighted by Gasteiger charge is -2.00. The van der Waals surface area contributed by atoms with Crippen LogP contribution < -0.4 is 11.2 Å². The van der Waals surface area contributed by atoms with Gasteiger partial charge in [0.25, 0.3) is 0 Å². The summed E-state index contributed by atoms with van der Waals surface area (Å²) in [6.07, 6.45) is 0. The third kappa shape index (κ3) is 4.37. The summed E-state index contributed by atoms with van der Waals surface area (Å²) in [6.45, 7) is 0.459. The van der Waals surface area contributed by atoms with Crippen molar-refractivity contribution in [3.05, 3.63) is 20.8 Å². The number of thiophene rings is 1. The lowest BCUT2D eigenvalue weighted by Crippen LogP contribution is -2.24. The first-order valence-electron chi connectivity index (χ1n) is 3.54. The van der Waals surface area contributed by atoms with E-state index in [2.05, 4.69) is 21.4 Å². The molecule has 0 saturated carbocycles. The van der Waals surface area contributed by atoms with Crippen molar-refractivity contribution in [1.29, 1.82) is 0 Å². The number of nitrogens with two attached hydrogens (primary N) is 1. The number of carbonyl (C=O) groups is 1. The number of halogens is 1. The minimum atomic E-state index is -0.487. The Labute approximate surface area is 88.2 Å². The number of primary amides is 1. The Kier molecular flexibility index (Phi) is 4.37. The van der Waals surface area contributed by atoms with Crippen molar-refractivity contribution in [2.45, 2.75) is 6.54 Å². The summed E-state index contributed by atoms with van der Waals surface area (Å²) in [6, 6.07) is 1.98. The number of carbonyl (C=O) groups excluding carboxylic acids is 1. The summed E-state index contributed by atoms with van der Waals surface area (Å²) in [5, 5.41) is 1.99. The molecule has 1 aromatic heterocycles. The van der Waals surface area contributed by atoms with Gasteiger partial charge in [-0.05, 0) is 32.9 Å². The minimum absolute atomic E-state index is 0.106. The summed E-state index contributed by atoms with van der Waals surface area (Å²) in [7, 11) is 0. The largest absolute Gasteiger partial charge is 0.368 e. The van der Waals surface area contributed by atoms with E-state index in [4.69, 9.17) is 10.6 Å². The van der Waals surface area contributed by atoms with Crippen LogP contribution in [-0.4, -0.2) is 12.5 Å². The molecule has 3 N–H and O–H groups in total. The first-order valence-corrected chi connectivity index (χ1v) is 5.21. The van der Waals surface area contributed by atoms with E-state index in [1.807, 2.05) is 11.4 Å². The van der Waals surface area contributed by atoms with E-state index >= 15 is 0 Å². The molecule has 0 unspecified atom stereocenters. The highest BCUT2D eigenvalue weighted by atomic mass is 79.9. The number of hydrogen-bond donors (Lipinski definition) is 2. The van der Waals surface area contributed by atoms with Gasteiger partial charge in [0.05, 0.1) is 3.79 Å². The van der Waals surface area contributed by atoms with Gasteiger partial charge in [0, 0.05) is 6.54 Å². The molecule has 1 aromatic rings. The molecule has 13 heavy (non-hydrogen) atoms. The fourth-order valence-electron chi connectivity index (χ4n) is 0.695. The molecule has 0 radical (unpaired) electrons. The second-order valence-corrected chi connectivity index (χ2v) is 4.63. The van der Waals surface area contributed by atoms with Crippen LogP contribution in [0.2, 0.25) is 0 Å². The molecule has 0 spiro atoms. The zero-order valence-corrected chi connectivity index (χ0v) is 9.15. The van der Waals surface area contributed by atoms with Gasteiger partial charge in [-0.2, -0.15) is 5.48 Å². The molecule has 1 heterocycles. The molecule has 6 heteroatoms. The lowest BCUT2D eigenvalue weighted by molar-refractivity contribution is -0.125. The normalized spacial score (nSPS) is 10.2. The highest BCUT2D eigenvalue weighted by Gasteiger charge is 1.97. The summed E-state index contributed by atoms with van der Waals surface area (Å²) in [4.78, 5) is 15.0. The molecule has 0 atom stereocenters. The van der Waals surface area contributed by atoms with E-state index in [-0.39, 0.29) is 6.61 Å². The number of hydroxylamine groups is 1. The standard InChI is InChI=1S/C7H9BrN2O2S/c8-6-1-5(4-13-6)2-10-12-3-7(9)11/h1,4,10H,2-3H2,(H2,9,11). The monoisotopic (exact) mass is 264 g/mol. The number of rotatable bonds is 5. The molecule has 0 fully saturated rings. The van der Waals surface area contributed by atoms with E-state index < -0.39 is 5.91 Å². The number of hydrogen-bond acceptors (Lipinski definition) is 4. The van der Waals surface area contributed by atoms with Crippen molar-refractivity contribution in [3.63, 3.8) is 0 Å². The smallest absolute Gasteiger partial charge is 0.245 e. The Morgan fingerprint density at radius 1 is 1.77 bits per heavy atom. The van der Waals surface area contributed by atoms with Gasteiger partial charge in [0.15, 0.2) is 0 Å². The maximum atomic E-state index is 10.3. The van der Waals surface area contributed by atoms with Gasteiger partial charge in [0.2, 0.25) is 5.91 Å². The maximum Gasteiger partial charge on any atom is 0.245 e. The van der Waals surface area contributed by atoms with Crippen LogP contribution in [0.15, 0.2) is 15.2 Å². The lowest BCUT2D eigenvalue weighted by atomic mass is 10.4. The Morgan fingerprint density at radius 2 is 2.54 bits per heavy atom. The van der Waals surface area contributed by atoms with Gasteiger partial charge >= 0.3 is 0 Å². The van der Waals surface area contributed by atoms with Crippen molar-refractivity contribution in [2.24, 2.45) is 5.73 Å². The van der Waals surface area contributed by atoms with Crippen LogP contribution >= 0.6 is 27.3 Å². The van der Waals surface area contributed by atoms with Crippen LogP contribution in [0.3, 0.4) is 0 Å². The van der Waals surface area contributed by atoms with Crippen molar-refractivity contribution in [2.75, 3.05) is 6.61 Å². The second kappa shape index (κ2) is 5.33. The first-order chi connectivity index (χ1) is 6.18. The maximum absolute atomic E-state index is 10.3. The van der Waals surface area contributed by atoms with Crippen LogP contribution in [0.1, 0.15) is 5.56 Å². The van der Waals surface area contributed by atoms with Gasteiger partial charge in [-0.15, -0.1) is 11.3 Å². The van der Waals surface area contributed by atoms with E-state index in [0.29, 0.717) is 6.54 Å². The molecule has 0 aliphatic heterocycles. The summed E-state index contributed by atoms with van der Waals surface area (Å²) >= 11 is 4.94. The average molecular weight is 265 g/mol. The Bertz CT molecular complexity index is 290. The van der Waals surface area contributed by atoms with Gasteiger partial charge in [0.1, 0.15) is 6.61 Å². The van der Waals surface area contributed by atoms with E-state index in [1.165, 1.54) is 0 Å². The fraction of sp³-hybridized carbons (Fsp3) is 0.286. The molecule has 0 aliphatic rings. The predicted octanol–water partition coefficient (Wildman–Crippen LogP) is 1.02. The predicted molar refractivity (Wildman–Crippen MR) is 54.0 cm³/mol. The molecule has 1 amide bonds. The van der Waals surface area contributed by atoms with Gasteiger partial charge in [-0.25, -0.2) is 0 Å². The van der Waals surface area contributed by atoms with E-state index in [9.17, 15) is 4.79 Å². The SMILES string of the molecule is NC(=O)CONCc1csc(Br)c1. The highest BCUT2D eigenvalue weighted by Crippen LogP contribution is 2.20. The summed E-state index contributed by atoms with van der Waals surface area (Å²) in [5.74, 6) is -0.487. The average Bonchev–Trinajstić information content (AvgIpc) is 2.45. The minimum Gasteiger partial charge on any atom is -0.368 e. The van der Waals surface area contributed by atoms with Gasteiger partial charge in [-0.1, -0.05) is 0 Å². The van der Waals surface area contributed by atoms with Gasteiger partial charge in [-0.3, -0.25) is 9.63 Å². The molecular weight excluding hydrogens is 256 g/mol. The quantitative estimate of drug-likeness (QED) is 0.617. The first kappa shape index (κ1) is 10.6. The number of amides is 1. The van der Waals surface area contributed by atoms with Crippen LogP contribution in [-0.2, 0) is 16.2 Å². The molecule has 0 aliphatic carbocycles. The Hall–Kier alpha value is -0.430. The molecule has 72 valence electrons. The van der Waals surface area contributed by atoms with E-state index in [1.54, 1.807) is 11.3 Å². The molecular formula is C7H9BrN2O2S. The topological polar surface area (TPSA) is 64.4 Å². The third-order valence-corrected chi connectivity index (χ3v) is 2.77.